The molecule has 0 amide bonds. The summed E-state index contributed by atoms with van der Waals surface area (Å²) in [5.41, 5.74) is 6.78. The van der Waals surface area contributed by atoms with Crippen molar-refractivity contribution in [3.63, 3.8) is 0 Å². The summed E-state index contributed by atoms with van der Waals surface area (Å²) in [5, 5.41) is 0. The number of likely N-dealkylation sites (tertiary alicyclic amines) is 1. The van der Waals surface area contributed by atoms with Crippen molar-refractivity contribution in [3.05, 3.63) is 23.9 Å². The molecule has 0 saturated carbocycles. The maximum Gasteiger partial charge on any atom is 0.128 e. The van der Waals surface area contributed by atoms with Gasteiger partial charge in [0.25, 0.3) is 0 Å². The number of anilines is 1. The average molecular weight is 234 g/mol. The molecule has 0 aliphatic carbocycles. The first kappa shape index (κ1) is 12.3. The molecule has 0 unspecified atom stereocenters. The zero-order valence-electron chi connectivity index (χ0n) is 10.6. The number of aromatic nitrogens is 1. The summed E-state index contributed by atoms with van der Waals surface area (Å²) in [6.07, 6.45) is 4.54. The normalized spacial score (nSPS) is 16.4. The lowest BCUT2D eigenvalue weighted by atomic mass is 10.2. The predicted molar refractivity (Wildman–Crippen MR) is 71.1 cm³/mol. The second kappa shape index (κ2) is 5.98. The van der Waals surface area contributed by atoms with Crippen molar-refractivity contribution in [1.29, 1.82) is 0 Å². The van der Waals surface area contributed by atoms with Crippen LogP contribution in [0.2, 0.25) is 0 Å². The van der Waals surface area contributed by atoms with E-state index in [-0.39, 0.29) is 0 Å². The number of hydrogen-bond acceptors (Lipinski definition) is 4. The Morgan fingerprint density at radius 3 is 2.88 bits per heavy atom. The largest absolute Gasteiger partial charge is 0.358 e. The van der Waals surface area contributed by atoms with Gasteiger partial charge in [0.05, 0.1) is 0 Å². The van der Waals surface area contributed by atoms with Gasteiger partial charge in [-0.15, -0.1) is 0 Å². The molecule has 0 spiro atoms. The summed E-state index contributed by atoms with van der Waals surface area (Å²) in [4.78, 5) is 9.11. The molecule has 4 heteroatoms. The highest BCUT2D eigenvalue weighted by Gasteiger charge is 2.12. The molecule has 1 aromatic heterocycles. The van der Waals surface area contributed by atoms with Crippen molar-refractivity contribution in [2.75, 3.05) is 38.1 Å². The van der Waals surface area contributed by atoms with Gasteiger partial charge >= 0.3 is 0 Å². The summed E-state index contributed by atoms with van der Waals surface area (Å²) >= 11 is 0. The van der Waals surface area contributed by atoms with Gasteiger partial charge in [-0.1, -0.05) is 0 Å². The third-order valence-electron chi connectivity index (χ3n) is 3.39. The molecule has 2 N–H and O–H groups in total. The smallest absolute Gasteiger partial charge is 0.128 e. The number of likely N-dealkylation sites (N-methyl/N-ethyl adjacent to an activating group) is 1. The molecule has 1 fully saturated rings. The Morgan fingerprint density at radius 2 is 2.18 bits per heavy atom. The van der Waals surface area contributed by atoms with Crippen LogP contribution in [0.3, 0.4) is 0 Å². The molecule has 1 aromatic rings. The Balaban J connectivity index is 1.87. The van der Waals surface area contributed by atoms with Crippen molar-refractivity contribution >= 4 is 5.82 Å². The van der Waals surface area contributed by atoms with Crippen LogP contribution in [0.4, 0.5) is 5.82 Å². The molecule has 17 heavy (non-hydrogen) atoms. The van der Waals surface area contributed by atoms with Crippen LogP contribution in [-0.2, 0) is 6.54 Å². The second-order valence-corrected chi connectivity index (χ2v) is 4.70. The van der Waals surface area contributed by atoms with Crippen LogP contribution < -0.4 is 10.6 Å². The summed E-state index contributed by atoms with van der Waals surface area (Å²) in [5.74, 6) is 1.02. The lowest BCUT2D eigenvalue weighted by Gasteiger charge is -2.22. The summed E-state index contributed by atoms with van der Waals surface area (Å²) < 4.78 is 0. The Hall–Kier alpha value is -1.13. The number of nitrogens with zero attached hydrogens (tertiary/aromatic N) is 3. The summed E-state index contributed by atoms with van der Waals surface area (Å²) in [6.45, 7) is 5.25. The Morgan fingerprint density at radius 1 is 1.41 bits per heavy atom. The highest BCUT2D eigenvalue weighted by atomic mass is 15.2. The third-order valence-corrected chi connectivity index (χ3v) is 3.39. The van der Waals surface area contributed by atoms with Gasteiger partial charge in [-0.3, -0.25) is 0 Å². The van der Waals surface area contributed by atoms with Gasteiger partial charge in [0.2, 0.25) is 0 Å². The number of pyridine rings is 1. The standard InChI is InChI=1S/C13H22N4/c1-16(8-9-17-6-2-3-7-17)13-10-12(11-14)4-5-15-13/h4-5,10H,2-3,6-9,11,14H2,1H3. The van der Waals surface area contributed by atoms with Crippen molar-refractivity contribution in [3.8, 4) is 0 Å². The lowest BCUT2D eigenvalue weighted by Crippen LogP contribution is -2.31. The first-order chi connectivity index (χ1) is 8.29. The van der Waals surface area contributed by atoms with E-state index in [0.717, 1.165) is 24.5 Å². The van der Waals surface area contributed by atoms with Gasteiger partial charge in [-0.2, -0.15) is 0 Å². The van der Waals surface area contributed by atoms with Gasteiger partial charge in [-0.25, -0.2) is 4.98 Å². The second-order valence-electron chi connectivity index (χ2n) is 4.70. The summed E-state index contributed by atoms with van der Waals surface area (Å²) in [6, 6.07) is 4.04. The van der Waals surface area contributed by atoms with Gasteiger partial charge in [0, 0.05) is 32.9 Å². The van der Waals surface area contributed by atoms with Gasteiger partial charge in [0.15, 0.2) is 0 Å². The number of rotatable bonds is 5. The maximum atomic E-state index is 5.64. The van der Waals surface area contributed by atoms with Crippen LogP contribution in [0.1, 0.15) is 18.4 Å². The van der Waals surface area contributed by atoms with E-state index in [0.29, 0.717) is 6.54 Å². The topological polar surface area (TPSA) is 45.4 Å². The molecule has 4 nitrogen and oxygen atoms in total. The SMILES string of the molecule is CN(CCN1CCCC1)c1cc(CN)ccn1. The van der Waals surface area contributed by atoms with Gasteiger partial charge in [-0.05, 0) is 43.6 Å². The van der Waals surface area contributed by atoms with Crippen LogP contribution in [0.25, 0.3) is 0 Å². The molecular weight excluding hydrogens is 212 g/mol. The third kappa shape index (κ3) is 3.41. The van der Waals surface area contributed by atoms with E-state index in [2.05, 4.69) is 27.9 Å². The molecule has 1 saturated heterocycles. The lowest BCUT2D eigenvalue weighted by molar-refractivity contribution is 0.346. The molecule has 1 aliphatic rings. The summed E-state index contributed by atoms with van der Waals surface area (Å²) in [7, 11) is 2.10. The maximum absolute atomic E-state index is 5.64. The van der Waals surface area contributed by atoms with Crippen molar-refractivity contribution in [1.82, 2.24) is 9.88 Å². The monoisotopic (exact) mass is 234 g/mol. The molecule has 2 rings (SSSR count). The highest BCUT2D eigenvalue weighted by molar-refractivity contribution is 5.39. The minimum atomic E-state index is 0.579. The van der Waals surface area contributed by atoms with Crippen LogP contribution in [0, 0.1) is 0 Å². The Kier molecular flexibility index (Phi) is 4.34. The Labute approximate surface area is 103 Å². The number of hydrogen-bond donors (Lipinski definition) is 1. The van der Waals surface area contributed by atoms with E-state index in [1.807, 2.05) is 12.3 Å². The van der Waals surface area contributed by atoms with E-state index in [9.17, 15) is 0 Å². The van der Waals surface area contributed by atoms with E-state index in [1.54, 1.807) is 0 Å². The van der Waals surface area contributed by atoms with E-state index in [4.69, 9.17) is 5.73 Å². The zero-order chi connectivity index (χ0) is 12.1. The highest BCUT2D eigenvalue weighted by Crippen LogP contribution is 2.12. The van der Waals surface area contributed by atoms with Crippen molar-refractivity contribution < 1.29 is 0 Å². The van der Waals surface area contributed by atoms with Crippen molar-refractivity contribution in [2.24, 2.45) is 5.73 Å². The molecule has 1 aliphatic heterocycles. The quantitative estimate of drug-likeness (QED) is 0.828. The average Bonchev–Trinajstić information content (AvgIpc) is 2.89. The van der Waals surface area contributed by atoms with E-state index in [1.165, 1.54) is 25.9 Å². The van der Waals surface area contributed by atoms with Gasteiger partial charge < -0.3 is 15.5 Å². The number of nitrogens with two attached hydrogens (primary N) is 1. The molecule has 94 valence electrons. The Bertz CT molecular complexity index is 347. The zero-order valence-corrected chi connectivity index (χ0v) is 10.6. The molecule has 0 atom stereocenters. The van der Waals surface area contributed by atoms with Crippen LogP contribution in [0.15, 0.2) is 18.3 Å². The molecule has 0 aromatic carbocycles. The minimum absolute atomic E-state index is 0.579. The van der Waals surface area contributed by atoms with Crippen LogP contribution in [-0.4, -0.2) is 43.1 Å². The predicted octanol–water partition coefficient (Wildman–Crippen LogP) is 1.07. The van der Waals surface area contributed by atoms with Crippen molar-refractivity contribution in [2.45, 2.75) is 19.4 Å². The molecular formula is C13H22N4. The fourth-order valence-corrected chi connectivity index (χ4v) is 2.21. The first-order valence-corrected chi connectivity index (χ1v) is 6.38. The van der Waals surface area contributed by atoms with Crippen LogP contribution in [0.5, 0.6) is 0 Å². The molecule has 2 heterocycles. The van der Waals surface area contributed by atoms with E-state index >= 15 is 0 Å². The molecule has 0 bridgehead atoms. The molecule has 0 radical (unpaired) electrons. The van der Waals surface area contributed by atoms with E-state index < -0.39 is 0 Å². The first-order valence-electron chi connectivity index (χ1n) is 6.38. The fraction of sp³-hybridized carbons (Fsp3) is 0.615. The fourth-order valence-electron chi connectivity index (χ4n) is 2.21. The minimum Gasteiger partial charge on any atom is -0.358 e. The van der Waals surface area contributed by atoms with Crippen LogP contribution >= 0.6 is 0 Å². The van der Waals surface area contributed by atoms with Gasteiger partial charge in [0.1, 0.15) is 5.82 Å².